The Hall–Kier alpha value is -7.50. The highest BCUT2D eigenvalue weighted by Gasteiger charge is 2.23. The number of halogens is 10. The Bertz CT molecular complexity index is 3840. The number of rotatable bonds is 14. The number of nitrogens with one attached hydrogen (secondary N) is 3. The number of carbonyl (C=O) groups excluding carboxylic acids is 2. The Morgan fingerprint density at radius 1 is 0.441 bits per heavy atom. The van der Waals surface area contributed by atoms with Crippen LogP contribution in [0.1, 0.15) is 114 Å². The molecule has 0 radical (unpaired) electrons. The summed E-state index contributed by atoms with van der Waals surface area (Å²) in [5, 5.41) is 29.7. The monoisotopic (exact) mass is 1450 g/mol. The van der Waals surface area contributed by atoms with Gasteiger partial charge in [0.1, 0.15) is 5.69 Å². The molecular formula is C70H61Cl10N5O8. The number of H-pyrrole nitrogens is 3. The molecule has 93 heavy (non-hydrogen) atoms. The molecule has 0 atom stereocenters. The minimum atomic E-state index is -0.974. The van der Waals surface area contributed by atoms with E-state index in [0.29, 0.717) is 50.7 Å². The summed E-state index contributed by atoms with van der Waals surface area (Å²) in [5.74, 6) is -2.31. The summed E-state index contributed by atoms with van der Waals surface area (Å²) in [5.41, 5.74) is 12.0. The molecule has 0 fully saturated rings. The summed E-state index contributed by atoms with van der Waals surface area (Å²) < 4.78 is 0. The van der Waals surface area contributed by atoms with Crippen LogP contribution in [0.25, 0.3) is 0 Å². The van der Waals surface area contributed by atoms with Gasteiger partial charge in [0.15, 0.2) is 24.3 Å². The fourth-order valence-corrected chi connectivity index (χ4v) is 10.5. The molecule has 0 aliphatic heterocycles. The highest BCUT2D eigenvalue weighted by Crippen LogP contribution is 2.26. The lowest BCUT2D eigenvalue weighted by atomic mass is 10.0. The predicted octanol–water partition coefficient (Wildman–Crippen LogP) is 6.84. The van der Waals surface area contributed by atoms with Gasteiger partial charge < -0.3 is 52.5 Å². The fourth-order valence-electron chi connectivity index (χ4n) is 9.10. The smallest absolute Gasteiger partial charge is 0.401 e. The maximum Gasteiger partial charge on any atom is 0.401 e. The molecule has 0 saturated carbocycles. The molecule has 5 aromatic heterocycles. The van der Waals surface area contributed by atoms with Crippen LogP contribution < -0.4 is 52.2 Å². The lowest BCUT2D eigenvalue weighted by Crippen LogP contribution is -3.00. The first-order chi connectivity index (χ1) is 43.3. The molecule has 0 amide bonds. The third-order valence-corrected chi connectivity index (χ3v) is 15.2. The van der Waals surface area contributed by atoms with E-state index in [1.54, 1.807) is 68.1 Å². The first-order valence-electron chi connectivity index (χ1n) is 27.9. The molecule has 0 spiro atoms. The van der Waals surface area contributed by atoms with Crippen LogP contribution in [0.2, 0.25) is 25.1 Å². The molecule has 6 N–H and O–H groups in total. The van der Waals surface area contributed by atoms with Crippen molar-refractivity contribution < 1.29 is 91.5 Å². The molecule has 0 saturated heterocycles. The Kier molecular flexibility index (Phi) is 36.0. The number of ketones is 1. The highest BCUT2D eigenvalue weighted by molar-refractivity contribution is 6.67. The SMILES string of the molecule is Cc1cccnc1C(=O)O.ClCc1cccc(Cl)c1.O=C(Cl)c1[nH+]cccc1CCc1cccc(Cl)c1.O=C(O)c1[nH+]cccc1CCc1cccc(Cl)c1.O=C(O)c1[nH+]cccc1CCc1cccc(Cl)c1.O=C1c2ccc(Cl)cc2CCc2cccnc21.[Cl-].[Cl-].[Cl-]. The molecule has 13 nitrogen and oxygen atoms in total. The summed E-state index contributed by atoms with van der Waals surface area (Å²) in [7, 11) is 0. The number of aromatic carboxylic acids is 3. The number of aromatic amines is 3. The summed E-state index contributed by atoms with van der Waals surface area (Å²) >= 11 is 40.4. The number of hydrogen-bond donors (Lipinski definition) is 3. The van der Waals surface area contributed by atoms with Gasteiger partial charge in [0, 0.05) is 83.8 Å². The van der Waals surface area contributed by atoms with E-state index in [1.807, 2.05) is 140 Å². The number of carbonyl (C=O) groups is 5. The van der Waals surface area contributed by atoms with Crippen LogP contribution in [-0.2, 0) is 57.2 Å². The summed E-state index contributed by atoms with van der Waals surface area (Å²) in [4.78, 5) is 72.3. The normalized spacial score (nSPS) is 10.4. The number of alkyl halides is 1. The van der Waals surface area contributed by atoms with Gasteiger partial charge in [0.2, 0.25) is 5.78 Å². The Labute approximate surface area is 592 Å². The lowest BCUT2D eigenvalue weighted by Gasteiger charge is -2.04. The first kappa shape index (κ1) is 79.7. The van der Waals surface area contributed by atoms with E-state index in [2.05, 4.69) is 24.9 Å². The van der Waals surface area contributed by atoms with E-state index < -0.39 is 23.2 Å². The first-order valence-corrected chi connectivity index (χ1v) is 30.7. The predicted molar refractivity (Wildman–Crippen MR) is 353 cm³/mol. The van der Waals surface area contributed by atoms with Crippen LogP contribution in [-0.4, -0.2) is 54.2 Å². The van der Waals surface area contributed by atoms with E-state index in [-0.39, 0.29) is 60.1 Å². The highest BCUT2D eigenvalue weighted by atomic mass is 35.5. The van der Waals surface area contributed by atoms with Gasteiger partial charge in [-0.05, 0) is 206 Å². The van der Waals surface area contributed by atoms with Gasteiger partial charge in [0.25, 0.3) is 17.1 Å². The van der Waals surface area contributed by atoms with Crippen molar-refractivity contribution >= 4 is 110 Å². The largest absolute Gasteiger partial charge is 1.00 e. The van der Waals surface area contributed by atoms with Crippen molar-refractivity contribution in [1.29, 1.82) is 0 Å². The van der Waals surface area contributed by atoms with Crippen molar-refractivity contribution in [2.45, 2.75) is 64.2 Å². The second-order valence-electron chi connectivity index (χ2n) is 19.9. The van der Waals surface area contributed by atoms with Gasteiger partial charge in [0.05, 0.1) is 0 Å². The van der Waals surface area contributed by atoms with Crippen LogP contribution >= 0.6 is 81.2 Å². The molecule has 11 rings (SSSR count). The van der Waals surface area contributed by atoms with E-state index in [9.17, 15) is 24.0 Å². The second kappa shape index (κ2) is 42.0. The van der Waals surface area contributed by atoms with Gasteiger partial charge in [-0.15, -0.1) is 11.6 Å². The van der Waals surface area contributed by atoms with Crippen molar-refractivity contribution in [2.75, 3.05) is 0 Å². The number of nitrogens with zero attached hydrogens (tertiary/aromatic N) is 2. The fraction of sp³-hybridized carbons (Fsp3) is 0.143. The van der Waals surface area contributed by atoms with E-state index in [0.717, 1.165) is 104 Å². The van der Waals surface area contributed by atoms with Crippen LogP contribution in [0, 0.1) is 6.92 Å². The van der Waals surface area contributed by atoms with Crippen molar-refractivity contribution in [3.8, 4) is 0 Å². The zero-order valence-electron chi connectivity index (χ0n) is 49.6. The molecule has 0 unspecified atom stereocenters. The maximum atomic E-state index is 12.3. The van der Waals surface area contributed by atoms with Crippen LogP contribution in [0.3, 0.4) is 0 Å². The second-order valence-corrected chi connectivity index (χ2v) is 22.7. The Balaban J connectivity index is 0.000000294. The van der Waals surface area contributed by atoms with Crippen LogP contribution in [0.5, 0.6) is 0 Å². The molecule has 0 bridgehead atoms. The molecule has 1 aliphatic carbocycles. The van der Waals surface area contributed by atoms with Gasteiger partial charge >= 0.3 is 23.2 Å². The van der Waals surface area contributed by atoms with Crippen LogP contribution in [0.15, 0.2) is 207 Å². The topological polar surface area (TPSA) is 214 Å². The zero-order chi connectivity index (χ0) is 65.0. The summed E-state index contributed by atoms with van der Waals surface area (Å²) in [6.45, 7) is 1.72. The quantitative estimate of drug-likeness (QED) is 0.0762. The molecular weight excluding hydrogens is 1390 g/mol. The van der Waals surface area contributed by atoms with Crippen LogP contribution in [0.4, 0.5) is 0 Å². The minimum absolute atomic E-state index is 0. The van der Waals surface area contributed by atoms with Gasteiger partial charge in [-0.1, -0.05) is 119 Å². The molecule has 23 heteroatoms. The van der Waals surface area contributed by atoms with Crippen molar-refractivity contribution in [1.82, 2.24) is 9.97 Å². The number of aryl methyl sites for hydroxylation is 9. The third kappa shape index (κ3) is 26.8. The van der Waals surface area contributed by atoms with E-state index in [1.165, 1.54) is 6.20 Å². The number of fused-ring (bicyclic) bond motifs is 2. The molecule has 484 valence electrons. The summed E-state index contributed by atoms with van der Waals surface area (Å²) in [6, 6.07) is 54.1. The number of aromatic nitrogens is 5. The maximum absolute atomic E-state index is 12.3. The average molecular weight is 1450 g/mol. The molecule has 5 heterocycles. The average Bonchev–Trinajstić information content (AvgIpc) is 1.96. The summed E-state index contributed by atoms with van der Waals surface area (Å²) in [6.07, 6.45) is 14.1. The standard InChI is InChI=1S/C14H11Cl2NO.2C14H12ClNO2.C14H10ClNO.C7H6Cl2.C7H7NO2.3ClH/c15-12-5-1-3-10(9-12)6-7-11-4-2-8-17-13(11)14(16)18;2*15-12-5-1-3-10(9-12)6-7-11-4-2-8-16-13(11)14(17)18;15-11-5-6-12-10(8-11)4-3-9-2-1-7-16-13(9)14(12)17;8-5-6-2-1-3-7(9)4-6;1-5-3-2-4-8-6(5)7(9)10;;;/h1-5,8-9H,6-7H2;2*1-5,8-9H,6-7H2,(H,17,18);1-2,5-8H,3-4H2;1-4H,5H2;2-4H,1H3,(H,9,10);3*1H. The zero-order valence-corrected chi connectivity index (χ0v) is 57.1. The Morgan fingerprint density at radius 3 is 1.24 bits per heavy atom. The number of pyridine rings is 5. The minimum Gasteiger partial charge on any atom is -1.00 e. The van der Waals surface area contributed by atoms with Gasteiger partial charge in [-0.25, -0.2) is 34.3 Å². The van der Waals surface area contributed by atoms with E-state index >= 15 is 0 Å². The van der Waals surface area contributed by atoms with E-state index in [4.69, 9.17) is 96.5 Å². The van der Waals surface area contributed by atoms with Gasteiger partial charge in [-0.3, -0.25) is 14.6 Å². The number of hydrogen-bond acceptors (Lipinski definition) is 7. The van der Waals surface area contributed by atoms with Gasteiger partial charge in [-0.2, -0.15) is 0 Å². The number of carboxylic acid groups (broad SMARTS) is 3. The third-order valence-electron chi connectivity index (χ3n) is 13.5. The molecule has 1 aliphatic rings. The van der Waals surface area contributed by atoms with Crippen molar-refractivity contribution in [3.05, 3.63) is 322 Å². The van der Waals surface area contributed by atoms with Crippen molar-refractivity contribution in [3.63, 3.8) is 0 Å². The lowest BCUT2D eigenvalue weighted by molar-refractivity contribution is -0.384. The van der Waals surface area contributed by atoms with Crippen molar-refractivity contribution in [2.24, 2.45) is 0 Å². The molecule has 5 aromatic carbocycles. The number of benzene rings is 5. The Morgan fingerprint density at radius 2 is 0.839 bits per heavy atom. The molecule has 10 aromatic rings. The number of carboxylic acids is 3.